The van der Waals surface area contributed by atoms with Crippen molar-refractivity contribution in [1.29, 1.82) is 0 Å². The molecule has 2 rings (SSSR count). The number of nitrogens with zero attached hydrogens (tertiary/aromatic N) is 1. The van der Waals surface area contributed by atoms with E-state index in [9.17, 15) is 4.79 Å². The smallest absolute Gasteiger partial charge is 0.273 e. The van der Waals surface area contributed by atoms with Gasteiger partial charge in [-0.15, -0.1) is 0 Å². The molecule has 82 valence electrons. The van der Waals surface area contributed by atoms with Crippen LogP contribution in [-0.4, -0.2) is 18.7 Å². The van der Waals surface area contributed by atoms with Crippen LogP contribution in [0.4, 0.5) is 0 Å². The second kappa shape index (κ2) is 4.18. The molecule has 1 heterocycles. The van der Waals surface area contributed by atoms with Crippen LogP contribution in [0.5, 0.6) is 5.75 Å². The number of hydrogen-bond donors (Lipinski definition) is 1. The summed E-state index contributed by atoms with van der Waals surface area (Å²) in [5, 5.41) is 3.85. The van der Waals surface area contributed by atoms with Gasteiger partial charge in [0, 0.05) is 0 Å². The van der Waals surface area contributed by atoms with Crippen molar-refractivity contribution < 1.29 is 9.53 Å². The number of carbonyl (C=O) groups is 1. The molecule has 4 nitrogen and oxygen atoms in total. The summed E-state index contributed by atoms with van der Waals surface area (Å²) >= 11 is 0. The lowest BCUT2D eigenvalue weighted by atomic mass is 10.1. The molecule has 0 saturated carbocycles. The molecule has 1 aromatic rings. The lowest BCUT2D eigenvalue weighted by molar-refractivity contribution is -0.116. The first-order valence-corrected chi connectivity index (χ1v) is 4.91. The number of benzene rings is 1. The highest BCUT2D eigenvalue weighted by Crippen LogP contribution is 2.16. The second-order valence-electron chi connectivity index (χ2n) is 3.47. The van der Waals surface area contributed by atoms with Gasteiger partial charge in [0.25, 0.3) is 5.91 Å². The molecule has 0 atom stereocenters. The van der Waals surface area contributed by atoms with E-state index in [1.807, 2.05) is 24.3 Å². The van der Waals surface area contributed by atoms with Crippen molar-refractivity contribution in [2.24, 2.45) is 5.10 Å². The molecule has 16 heavy (non-hydrogen) atoms. The molecule has 0 fully saturated rings. The Morgan fingerprint density at radius 1 is 1.31 bits per heavy atom. The summed E-state index contributed by atoms with van der Waals surface area (Å²) in [7, 11) is 1.62. The lowest BCUT2D eigenvalue weighted by Crippen LogP contribution is -2.12. The minimum absolute atomic E-state index is 0.159. The highest BCUT2D eigenvalue weighted by Gasteiger charge is 2.18. The molecule has 4 heteroatoms. The van der Waals surface area contributed by atoms with Gasteiger partial charge in [-0.25, -0.2) is 5.43 Å². The van der Waals surface area contributed by atoms with Crippen molar-refractivity contribution in [1.82, 2.24) is 5.43 Å². The Morgan fingerprint density at radius 3 is 2.50 bits per heavy atom. The van der Waals surface area contributed by atoms with Crippen molar-refractivity contribution in [3.63, 3.8) is 0 Å². The topological polar surface area (TPSA) is 50.7 Å². The van der Waals surface area contributed by atoms with Crippen LogP contribution >= 0.6 is 0 Å². The quantitative estimate of drug-likeness (QED) is 0.763. The van der Waals surface area contributed by atoms with E-state index in [4.69, 9.17) is 4.74 Å². The zero-order chi connectivity index (χ0) is 11.5. The zero-order valence-electron chi connectivity index (χ0n) is 9.15. The van der Waals surface area contributed by atoms with E-state index in [0.29, 0.717) is 11.3 Å². The minimum atomic E-state index is -0.159. The number of methoxy groups -OCH3 is 1. The minimum Gasteiger partial charge on any atom is -0.497 e. The monoisotopic (exact) mass is 216 g/mol. The molecule has 1 N–H and O–H groups in total. The molecule has 0 aliphatic carbocycles. The molecule has 1 amide bonds. The van der Waals surface area contributed by atoms with E-state index in [1.54, 1.807) is 20.1 Å². The maximum atomic E-state index is 11.4. The van der Waals surface area contributed by atoms with Gasteiger partial charge in [-0.2, -0.15) is 5.10 Å². The number of amides is 1. The van der Waals surface area contributed by atoms with Gasteiger partial charge < -0.3 is 4.74 Å². The van der Waals surface area contributed by atoms with Crippen molar-refractivity contribution in [2.45, 2.75) is 6.92 Å². The molecule has 0 saturated heterocycles. The summed E-state index contributed by atoms with van der Waals surface area (Å²) in [4.78, 5) is 11.4. The van der Waals surface area contributed by atoms with E-state index in [0.717, 1.165) is 11.3 Å². The van der Waals surface area contributed by atoms with Crippen LogP contribution in [0.15, 0.2) is 34.9 Å². The van der Waals surface area contributed by atoms with E-state index in [1.165, 1.54) is 0 Å². The number of ether oxygens (including phenoxy) is 1. The molecule has 0 spiro atoms. The summed E-state index contributed by atoms with van der Waals surface area (Å²) in [5.74, 6) is 0.636. The number of hydrazone groups is 1. The molecule has 1 aromatic carbocycles. The Labute approximate surface area is 93.6 Å². The summed E-state index contributed by atoms with van der Waals surface area (Å²) in [6, 6.07) is 7.49. The summed E-state index contributed by atoms with van der Waals surface area (Å²) in [6.07, 6.45) is 1.81. The summed E-state index contributed by atoms with van der Waals surface area (Å²) in [5.41, 5.74) is 4.68. The highest BCUT2D eigenvalue weighted by molar-refractivity contribution is 6.26. The maximum absolute atomic E-state index is 11.4. The van der Waals surface area contributed by atoms with Gasteiger partial charge in [0.05, 0.1) is 18.4 Å². The average molecular weight is 216 g/mol. The Morgan fingerprint density at radius 2 is 2.00 bits per heavy atom. The van der Waals surface area contributed by atoms with Crippen LogP contribution in [0.2, 0.25) is 0 Å². The van der Waals surface area contributed by atoms with Crippen LogP contribution in [-0.2, 0) is 4.79 Å². The Balaban J connectivity index is 2.28. The van der Waals surface area contributed by atoms with Gasteiger partial charge in [-0.1, -0.05) is 12.1 Å². The van der Waals surface area contributed by atoms with Gasteiger partial charge in [0.15, 0.2) is 0 Å². The number of carbonyl (C=O) groups excluding carboxylic acids is 1. The normalized spacial score (nSPS) is 17.2. The molecule has 0 aromatic heterocycles. The molecule has 0 radical (unpaired) electrons. The van der Waals surface area contributed by atoms with E-state index < -0.39 is 0 Å². The Hall–Kier alpha value is -2.10. The fourth-order valence-electron chi connectivity index (χ4n) is 1.46. The third-order valence-electron chi connectivity index (χ3n) is 2.39. The van der Waals surface area contributed by atoms with Crippen LogP contribution in [0.25, 0.3) is 6.08 Å². The second-order valence-corrected chi connectivity index (χ2v) is 3.47. The largest absolute Gasteiger partial charge is 0.497 e. The van der Waals surface area contributed by atoms with Crippen molar-refractivity contribution in [3.8, 4) is 5.75 Å². The van der Waals surface area contributed by atoms with E-state index in [2.05, 4.69) is 10.5 Å². The number of nitrogens with one attached hydrogen (secondary N) is 1. The van der Waals surface area contributed by atoms with E-state index >= 15 is 0 Å². The Bertz CT molecular complexity index is 472. The van der Waals surface area contributed by atoms with Crippen LogP contribution in [0, 0.1) is 0 Å². The number of rotatable bonds is 2. The first kappa shape index (κ1) is 10.4. The van der Waals surface area contributed by atoms with Crippen molar-refractivity contribution >= 4 is 17.7 Å². The summed E-state index contributed by atoms with van der Waals surface area (Å²) < 4.78 is 5.06. The van der Waals surface area contributed by atoms with Gasteiger partial charge in [0.2, 0.25) is 0 Å². The fraction of sp³-hybridized carbons (Fsp3) is 0.167. The van der Waals surface area contributed by atoms with Crippen LogP contribution in [0.3, 0.4) is 0 Å². The van der Waals surface area contributed by atoms with Crippen molar-refractivity contribution in [2.75, 3.05) is 7.11 Å². The maximum Gasteiger partial charge on any atom is 0.273 e. The van der Waals surface area contributed by atoms with Gasteiger partial charge in [0.1, 0.15) is 5.75 Å². The zero-order valence-corrected chi connectivity index (χ0v) is 9.15. The summed E-state index contributed by atoms with van der Waals surface area (Å²) in [6.45, 7) is 1.80. The first-order valence-electron chi connectivity index (χ1n) is 4.91. The standard InChI is InChI=1S/C12H12N2O2/c1-8-11(12(15)14-13-8)7-9-3-5-10(16-2)6-4-9/h3-7H,1-2H3,(H,14,15)/b11-7-. The van der Waals surface area contributed by atoms with Gasteiger partial charge in [-0.3, -0.25) is 4.79 Å². The third-order valence-corrected chi connectivity index (χ3v) is 2.39. The third kappa shape index (κ3) is 1.95. The highest BCUT2D eigenvalue weighted by atomic mass is 16.5. The average Bonchev–Trinajstić information content (AvgIpc) is 2.62. The SMILES string of the molecule is COc1ccc(/C=C2\C(=O)NN=C2C)cc1. The predicted octanol–water partition coefficient (Wildman–Crippen LogP) is 1.58. The molecule has 0 bridgehead atoms. The molecule has 1 aliphatic heterocycles. The van der Waals surface area contributed by atoms with Crippen LogP contribution in [0.1, 0.15) is 12.5 Å². The van der Waals surface area contributed by atoms with Gasteiger partial charge in [-0.05, 0) is 30.7 Å². The fourth-order valence-corrected chi connectivity index (χ4v) is 1.46. The molecule has 0 unspecified atom stereocenters. The number of hydrogen-bond acceptors (Lipinski definition) is 3. The van der Waals surface area contributed by atoms with Crippen LogP contribution < -0.4 is 10.2 Å². The molecule has 1 aliphatic rings. The molecular formula is C12H12N2O2. The van der Waals surface area contributed by atoms with Gasteiger partial charge >= 0.3 is 0 Å². The lowest BCUT2D eigenvalue weighted by Gasteiger charge is -2.00. The Kier molecular flexibility index (Phi) is 2.72. The first-order chi connectivity index (χ1) is 7.70. The van der Waals surface area contributed by atoms with Crippen molar-refractivity contribution in [3.05, 3.63) is 35.4 Å². The molecular weight excluding hydrogens is 204 g/mol. The van der Waals surface area contributed by atoms with E-state index in [-0.39, 0.29) is 5.91 Å². The predicted molar refractivity (Wildman–Crippen MR) is 62.2 cm³/mol.